The number of nitrogens with zero attached hydrogens (tertiary/aromatic N) is 3. The minimum Gasteiger partial charge on any atom is -0.495 e. The summed E-state index contributed by atoms with van der Waals surface area (Å²) in [6.07, 6.45) is 1.26. The minimum absolute atomic E-state index is 0.160. The highest BCUT2D eigenvalue weighted by Crippen LogP contribution is 2.27. The van der Waals surface area contributed by atoms with E-state index in [0.29, 0.717) is 44.2 Å². The number of pyridine rings is 1. The molecule has 1 aromatic heterocycles. The van der Waals surface area contributed by atoms with E-state index in [0.717, 1.165) is 11.4 Å². The molecule has 1 N–H and O–H groups in total. The van der Waals surface area contributed by atoms with Gasteiger partial charge in [-0.05, 0) is 31.2 Å². The monoisotopic (exact) mass is 384 g/mol. The number of para-hydroxylation sites is 2. The van der Waals surface area contributed by atoms with Gasteiger partial charge in [0, 0.05) is 38.1 Å². The number of rotatable bonds is 5. The predicted molar refractivity (Wildman–Crippen MR) is 105 cm³/mol. The van der Waals surface area contributed by atoms with Crippen LogP contribution in [0.1, 0.15) is 17.4 Å². The second kappa shape index (κ2) is 9.07. The third-order valence-electron chi connectivity index (χ3n) is 4.46. The fourth-order valence-corrected chi connectivity index (χ4v) is 3.00. The lowest BCUT2D eigenvalue weighted by Crippen LogP contribution is -2.50. The van der Waals surface area contributed by atoms with E-state index in [2.05, 4.69) is 10.3 Å². The Kier molecular flexibility index (Phi) is 6.31. The molecule has 2 aromatic rings. The lowest BCUT2D eigenvalue weighted by atomic mass is 10.2. The van der Waals surface area contributed by atoms with Gasteiger partial charge in [-0.1, -0.05) is 12.1 Å². The van der Waals surface area contributed by atoms with Gasteiger partial charge in [-0.2, -0.15) is 0 Å². The normalized spacial score (nSPS) is 13.8. The number of benzene rings is 1. The smallest absolute Gasteiger partial charge is 0.409 e. The third kappa shape index (κ3) is 4.51. The van der Waals surface area contributed by atoms with Crippen molar-refractivity contribution in [2.45, 2.75) is 6.92 Å². The number of ether oxygens (including phenoxy) is 2. The Balaban J connectivity index is 1.65. The highest BCUT2D eigenvalue weighted by molar-refractivity contribution is 5.93. The van der Waals surface area contributed by atoms with Crippen molar-refractivity contribution in [1.82, 2.24) is 14.8 Å². The Hall–Kier alpha value is -3.29. The molecule has 2 amide bonds. The first-order chi connectivity index (χ1) is 13.6. The number of hydrogen-bond donors (Lipinski definition) is 1. The Morgan fingerprint density at radius 3 is 2.54 bits per heavy atom. The van der Waals surface area contributed by atoms with Gasteiger partial charge in [0.15, 0.2) is 0 Å². The van der Waals surface area contributed by atoms with E-state index in [1.54, 1.807) is 42.2 Å². The zero-order valence-corrected chi connectivity index (χ0v) is 16.1. The summed E-state index contributed by atoms with van der Waals surface area (Å²) in [6.45, 7) is 3.91. The molecule has 0 radical (unpaired) electrons. The number of nitrogens with one attached hydrogen (secondary N) is 1. The fourth-order valence-electron chi connectivity index (χ4n) is 3.00. The van der Waals surface area contributed by atoms with E-state index < -0.39 is 0 Å². The maximum absolute atomic E-state index is 12.8. The number of carbonyl (C=O) groups is 2. The van der Waals surface area contributed by atoms with E-state index in [9.17, 15) is 9.59 Å². The topological polar surface area (TPSA) is 84.0 Å². The van der Waals surface area contributed by atoms with Crippen LogP contribution in [0.2, 0.25) is 0 Å². The van der Waals surface area contributed by atoms with E-state index in [1.807, 2.05) is 24.3 Å². The Bertz CT molecular complexity index is 834. The molecule has 148 valence electrons. The molecule has 1 aliphatic heterocycles. The van der Waals surface area contributed by atoms with Crippen LogP contribution in [-0.4, -0.2) is 66.7 Å². The molecule has 0 spiro atoms. The van der Waals surface area contributed by atoms with E-state index >= 15 is 0 Å². The number of amides is 2. The van der Waals surface area contributed by atoms with Gasteiger partial charge in [0.25, 0.3) is 5.91 Å². The second-order valence-corrected chi connectivity index (χ2v) is 6.23. The molecule has 0 atom stereocenters. The third-order valence-corrected chi connectivity index (χ3v) is 4.46. The molecular weight excluding hydrogens is 360 g/mol. The number of piperazine rings is 1. The van der Waals surface area contributed by atoms with Crippen LogP contribution in [-0.2, 0) is 4.74 Å². The second-order valence-electron chi connectivity index (χ2n) is 6.23. The van der Waals surface area contributed by atoms with Crippen LogP contribution in [0.5, 0.6) is 5.75 Å². The van der Waals surface area contributed by atoms with Crippen molar-refractivity contribution in [3.8, 4) is 5.75 Å². The first-order valence-electron chi connectivity index (χ1n) is 9.19. The average Bonchev–Trinajstić information content (AvgIpc) is 2.74. The van der Waals surface area contributed by atoms with Gasteiger partial charge in [0.2, 0.25) is 0 Å². The lowest BCUT2D eigenvalue weighted by molar-refractivity contribution is 0.0566. The first-order valence-corrected chi connectivity index (χ1v) is 9.19. The summed E-state index contributed by atoms with van der Waals surface area (Å²) in [5.41, 5.74) is 1.90. The summed E-state index contributed by atoms with van der Waals surface area (Å²) in [5.74, 6) is 0.550. The van der Waals surface area contributed by atoms with Gasteiger partial charge in [0.05, 0.1) is 19.4 Å². The quantitative estimate of drug-likeness (QED) is 0.853. The van der Waals surface area contributed by atoms with Crippen LogP contribution in [0.3, 0.4) is 0 Å². The lowest BCUT2D eigenvalue weighted by Gasteiger charge is -2.33. The van der Waals surface area contributed by atoms with Crippen LogP contribution in [0.4, 0.5) is 16.2 Å². The van der Waals surface area contributed by atoms with E-state index in [1.165, 1.54) is 0 Å². The average molecular weight is 384 g/mol. The van der Waals surface area contributed by atoms with Crippen LogP contribution in [0.15, 0.2) is 42.6 Å². The largest absolute Gasteiger partial charge is 0.495 e. The van der Waals surface area contributed by atoms with Crippen LogP contribution in [0, 0.1) is 0 Å². The van der Waals surface area contributed by atoms with Gasteiger partial charge in [-0.3, -0.25) is 9.78 Å². The number of hydrogen-bond acceptors (Lipinski definition) is 6. The highest BCUT2D eigenvalue weighted by Gasteiger charge is 2.26. The maximum atomic E-state index is 12.8. The SMILES string of the molecule is CCOC(=O)N1CCN(C(=O)c2cc(Nc3ccccc3OC)ccn2)CC1. The van der Waals surface area contributed by atoms with Crippen molar-refractivity contribution < 1.29 is 19.1 Å². The summed E-state index contributed by atoms with van der Waals surface area (Å²) in [7, 11) is 1.61. The molecule has 0 aliphatic carbocycles. The molecule has 0 unspecified atom stereocenters. The van der Waals surface area contributed by atoms with Crippen molar-refractivity contribution in [3.05, 3.63) is 48.3 Å². The van der Waals surface area contributed by atoms with Gasteiger partial charge >= 0.3 is 6.09 Å². The minimum atomic E-state index is -0.337. The maximum Gasteiger partial charge on any atom is 0.409 e. The number of methoxy groups -OCH3 is 1. The summed E-state index contributed by atoms with van der Waals surface area (Å²) in [4.78, 5) is 32.1. The Labute approximate surface area is 164 Å². The zero-order valence-electron chi connectivity index (χ0n) is 16.1. The molecule has 1 saturated heterocycles. The van der Waals surface area contributed by atoms with Gasteiger partial charge in [-0.15, -0.1) is 0 Å². The van der Waals surface area contributed by atoms with Crippen LogP contribution >= 0.6 is 0 Å². The molecule has 0 saturated carbocycles. The van der Waals surface area contributed by atoms with Crippen LogP contribution < -0.4 is 10.1 Å². The standard InChI is InChI=1S/C20H24N4O4/c1-3-28-20(26)24-12-10-23(11-13-24)19(25)17-14-15(8-9-21-17)22-16-6-4-5-7-18(16)27-2/h4-9,14H,3,10-13H2,1-2H3,(H,21,22). The van der Waals surface area contributed by atoms with Crippen molar-refractivity contribution in [2.24, 2.45) is 0 Å². The summed E-state index contributed by atoms with van der Waals surface area (Å²) in [6, 6.07) is 11.1. The van der Waals surface area contributed by atoms with Crippen molar-refractivity contribution in [2.75, 3.05) is 45.2 Å². The molecule has 3 rings (SSSR count). The van der Waals surface area contributed by atoms with Crippen molar-refractivity contribution >= 4 is 23.4 Å². The molecule has 1 aliphatic rings. The Morgan fingerprint density at radius 1 is 1.11 bits per heavy atom. The summed E-state index contributed by atoms with van der Waals surface area (Å²) >= 11 is 0. The van der Waals surface area contributed by atoms with Crippen molar-refractivity contribution in [1.29, 1.82) is 0 Å². The number of anilines is 2. The van der Waals surface area contributed by atoms with Gasteiger partial charge in [-0.25, -0.2) is 4.79 Å². The van der Waals surface area contributed by atoms with Gasteiger partial charge in [0.1, 0.15) is 11.4 Å². The Morgan fingerprint density at radius 2 is 1.82 bits per heavy atom. The number of aromatic nitrogens is 1. The van der Waals surface area contributed by atoms with Crippen molar-refractivity contribution in [3.63, 3.8) is 0 Å². The van der Waals surface area contributed by atoms with Crippen LogP contribution in [0.25, 0.3) is 0 Å². The fraction of sp³-hybridized carbons (Fsp3) is 0.350. The summed E-state index contributed by atoms with van der Waals surface area (Å²) < 4.78 is 10.3. The van der Waals surface area contributed by atoms with Gasteiger partial charge < -0.3 is 24.6 Å². The zero-order chi connectivity index (χ0) is 19.9. The molecular formula is C20H24N4O4. The summed E-state index contributed by atoms with van der Waals surface area (Å²) in [5, 5.41) is 3.25. The first kappa shape index (κ1) is 19.5. The van der Waals surface area contributed by atoms with E-state index in [4.69, 9.17) is 9.47 Å². The van der Waals surface area contributed by atoms with E-state index in [-0.39, 0.29) is 12.0 Å². The molecule has 1 fully saturated rings. The molecule has 8 nitrogen and oxygen atoms in total. The predicted octanol–water partition coefficient (Wildman–Crippen LogP) is 2.75. The molecule has 0 bridgehead atoms. The highest BCUT2D eigenvalue weighted by atomic mass is 16.6. The molecule has 2 heterocycles. The molecule has 8 heteroatoms. The number of carbonyl (C=O) groups excluding carboxylic acids is 2. The molecule has 28 heavy (non-hydrogen) atoms. The molecule has 1 aromatic carbocycles.